The van der Waals surface area contributed by atoms with E-state index >= 15 is 0 Å². The molecule has 184 valence electrons. The number of hydrogen-bond acceptors (Lipinski definition) is 6. The van der Waals surface area contributed by atoms with Crippen molar-refractivity contribution in [2.24, 2.45) is 0 Å². The topological polar surface area (TPSA) is 58.6 Å². The summed E-state index contributed by atoms with van der Waals surface area (Å²) in [5.41, 5.74) is 2.79. The number of rotatable bonds is 4. The molecule has 0 spiro atoms. The summed E-state index contributed by atoms with van der Waals surface area (Å²) in [5, 5.41) is 1.08. The largest absolute Gasteiger partial charge is 1.00 e. The Morgan fingerprint density at radius 1 is 0.632 bits per heavy atom. The summed E-state index contributed by atoms with van der Waals surface area (Å²) in [5.74, 6) is 0.311. The Morgan fingerprint density at radius 2 is 1.05 bits per heavy atom. The van der Waals surface area contributed by atoms with Crippen molar-refractivity contribution < 1.29 is 48.1 Å². The zero-order valence-corrected chi connectivity index (χ0v) is 25.9. The van der Waals surface area contributed by atoms with E-state index in [4.69, 9.17) is 32.2 Å². The van der Waals surface area contributed by atoms with E-state index in [1.54, 1.807) is 36.4 Å². The maximum absolute atomic E-state index is 13.4. The van der Waals surface area contributed by atoms with Crippen molar-refractivity contribution >= 4 is 78.2 Å². The van der Waals surface area contributed by atoms with Crippen molar-refractivity contribution in [2.75, 3.05) is 0 Å². The predicted molar refractivity (Wildman–Crippen MR) is 150 cm³/mol. The van der Waals surface area contributed by atoms with Crippen molar-refractivity contribution in [1.82, 2.24) is 0 Å². The van der Waals surface area contributed by atoms with E-state index < -0.39 is 7.82 Å². The Balaban J connectivity index is 0.00000294. The van der Waals surface area contributed by atoms with E-state index in [2.05, 4.69) is 0 Å². The molecule has 0 aliphatic carbocycles. The Bertz CT molecular complexity index is 1560. The third-order valence-corrected chi connectivity index (χ3v) is 9.33. The molecular weight excluding hydrogens is 589 g/mol. The van der Waals surface area contributed by atoms with Gasteiger partial charge >= 0.3 is 37.4 Å². The first kappa shape index (κ1) is 28.0. The van der Waals surface area contributed by atoms with Crippen molar-refractivity contribution in [1.29, 1.82) is 0 Å². The summed E-state index contributed by atoms with van der Waals surface area (Å²) in [6.07, 6.45) is 3.35. The van der Waals surface area contributed by atoms with Gasteiger partial charge in [0.15, 0.2) is 0 Å². The van der Waals surface area contributed by atoms with Crippen LogP contribution >= 0.6 is 54.5 Å². The minimum Gasteiger partial charge on any atom is -0.736 e. The summed E-state index contributed by atoms with van der Waals surface area (Å²) in [7, 11) is -4.90. The van der Waals surface area contributed by atoms with Crippen LogP contribution in [0.25, 0.3) is 23.7 Å². The van der Waals surface area contributed by atoms with Gasteiger partial charge in [0.1, 0.15) is 11.5 Å². The van der Waals surface area contributed by atoms with Crippen molar-refractivity contribution in [2.45, 2.75) is 19.6 Å². The Labute approximate surface area is 261 Å². The van der Waals surface area contributed by atoms with Crippen LogP contribution in [0.2, 0.25) is 10.0 Å². The summed E-state index contributed by atoms with van der Waals surface area (Å²) < 4.78 is 24.7. The number of phosphoric ester groups is 1. The molecule has 0 fully saturated rings. The summed E-state index contributed by atoms with van der Waals surface area (Å²) >= 11 is 15.5. The number of benzene rings is 4. The van der Waals surface area contributed by atoms with Crippen LogP contribution in [0.3, 0.4) is 0 Å². The molecule has 10 heteroatoms. The molecule has 0 bridgehead atoms. The van der Waals surface area contributed by atoms with E-state index in [0.717, 1.165) is 30.7 Å². The van der Waals surface area contributed by atoms with Gasteiger partial charge in [0.2, 0.25) is 0 Å². The van der Waals surface area contributed by atoms with Crippen molar-refractivity contribution in [3.05, 3.63) is 117 Å². The number of phosphoric acid groups is 1. The standard InChI is InChI=1S/C28H17Cl2O4PS2.Na/c29-19-9-11-25-17(13-19)15-23(21-5-1-3-7-27(21)36-25)33-35(31,32)34-24-16-18-14-20(30)10-12-26(18)37-28-8-4-2-6-22(24)28;/h1-16H,(H,31,32);/q;+1/p-1. The molecule has 0 N–H and O–H groups in total. The van der Waals surface area contributed by atoms with Gasteiger partial charge < -0.3 is 13.9 Å². The van der Waals surface area contributed by atoms with Gasteiger partial charge in [-0.05, 0) is 71.8 Å². The monoisotopic (exact) mass is 604 g/mol. The molecule has 0 radical (unpaired) electrons. The second-order valence-corrected chi connectivity index (χ2v) is 12.5. The number of fused-ring (bicyclic) bond motifs is 4. The fourth-order valence-electron chi connectivity index (χ4n) is 4.05. The summed E-state index contributed by atoms with van der Waals surface area (Å²) in [4.78, 5) is 17.0. The van der Waals surface area contributed by atoms with E-state index in [1.165, 1.54) is 23.5 Å². The van der Waals surface area contributed by atoms with Gasteiger partial charge in [-0.2, -0.15) is 0 Å². The van der Waals surface area contributed by atoms with Gasteiger partial charge in [-0.15, -0.1) is 0 Å². The zero-order valence-electron chi connectivity index (χ0n) is 19.9. The summed E-state index contributed by atoms with van der Waals surface area (Å²) in [6.45, 7) is 0. The van der Waals surface area contributed by atoms with E-state index in [-0.39, 0.29) is 41.1 Å². The predicted octanol–water partition coefficient (Wildman–Crippen LogP) is 6.12. The van der Waals surface area contributed by atoms with Gasteiger partial charge in [0.25, 0.3) is 0 Å². The smallest absolute Gasteiger partial charge is 0.736 e. The first-order valence-electron chi connectivity index (χ1n) is 11.1. The minimum atomic E-state index is -4.90. The first-order chi connectivity index (χ1) is 17.8. The van der Waals surface area contributed by atoms with Crippen LogP contribution in [-0.4, -0.2) is 0 Å². The average Bonchev–Trinajstić information content (AvgIpc) is 3.10. The fourth-order valence-corrected chi connectivity index (χ4v) is 7.30. The molecule has 6 rings (SSSR count). The molecule has 0 unspecified atom stereocenters. The van der Waals surface area contributed by atoms with Crippen LogP contribution < -0.4 is 34.5 Å². The zero-order chi connectivity index (χ0) is 25.6. The second kappa shape index (κ2) is 11.5. The fraction of sp³-hybridized carbons (Fsp3) is 0. The SMILES string of the molecule is O=P([O-])(OC1=Cc2cc(Cl)ccc2Sc2ccccc21)OC1=Cc2cc(Cl)ccc2Sc2ccccc21.[Na+]. The average molecular weight is 605 g/mol. The van der Waals surface area contributed by atoms with Crippen LogP contribution in [0.5, 0.6) is 0 Å². The third-order valence-electron chi connectivity index (χ3n) is 5.68. The third kappa shape index (κ3) is 5.95. The first-order valence-corrected chi connectivity index (χ1v) is 15.0. The molecular formula is C28H16Cl2NaO4PS2. The molecule has 0 aromatic heterocycles. The maximum Gasteiger partial charge on any atom is 1.00 e. The molecule has 38 heavy (non-hydrogen) atoms. The molecule has 2 aliphatic heterocycles. The molecule has 0 saturated heterocycles. The Morgan fingerprint density at radius 3 is 1.50 bits per heavy atom. The molecule has 4 nitrogen and oxygen atoms in total. The molecule has 4 aromatic carbocycles. The Hall–Kier alpha value is -1.57. The van der Waals surface area contributed by atoms with Crippen molar-refractivity contribution in [3.8, 4) is 0 Å². The maximum atomic E-state index is 13.4. The van der Waals surface area contributed by atoms with Gasteiger partial charge in [0, 0.05) is 40.8 Å². The van der Waals surface area contributed by atoms with Crippen LogP contribution in [0.4, 0.5) is 0 Å². The Kier molecular flexibility index (Phi) is 8.47. The quantitative estimate of drug-likeness (QED) is 0.206. The molecule has 0 atom stereocenters. The van der Waals surface area contributed by atoms with Gasteiger partial charge in [-0.1, -0.05) is 83.1 Å². The van der Waals surface area contributed by atoms with E-state index in [0.29, 0.717) is 21.2 Å². The van der Waals surface area contributed by atoms with Gasteiger partial charge in [0.05, 0.1) is 0 Å². The molecule has 4 aromatic rings. The van der Waals surface area contributed by atoms with E-state index in [9.17, 15) is 9.46 Å². The molecule has 2 heterocycles. The van der Waals surface area contributed by atoms with Crippen molar-refractivity contribution in [3.63, 3.8) is 0 Å². The normalized spacial score (nSPS) is 13.7. The van der Waals surface area contributed by atoms with Gasteiger partial charge in [-0.25, -0.2) is 4.57 Å². The molecule has 0 saturated carbocycles. The van der Waals surface area contributed by atoms with Crippen LogP contribution in [0.1, 0.15) is 22.3 Å². The second-order valence-electron chi connectivity index (χ2n) is 8.21. The van der Waals surface area contributed by atoms with Crippen LogP contribution in [-0.2, 0) is 13.6 Å². The van der Waals surface area contributed by atoms with Crippen LogP contribution in [0.15, 0.2) is 105 Å². The number of halogens is 2. The molecule has 0 amide bonds. The number of hydrogen-bond donors (Lipinski definition) is 0. The van der Waals surface area contributed by atoms with Crippen LogP contribution in [0, 0.1) is 0 Å². The van der Waals surface area contributed by atoms with Gasteiger partial charge in [-0.3, -0.25) is 0 Å². The minimum absolute atomic E-state index is 0. The van der Waals surface area contributed by atoms with E-state index in [1.807, 2.05) is 60.7 Å². The summed E-state index contributed by atoms with van der Waals surface area (Å²) in [6, 6.07) is 25.9. The molecule has 2 aliphatic rings.